The van der Waals surface area contributed by atoms with Crippen molar-refractivity contribution in [1.82, 2.24) is 14.7 Å². The second kappa shape index (κ2) is 7.13. The Kier molecular flexibility index (Phi) is 4.97. The van der Waals surface area contributed by atoms with Crippen molar-refractivity contribution in [1.29, 1.82) is 5.26 Å². The fourth-order valence-corrected chi connectivity index (χ4v) is 4.72. The van der Waals surface area contributed by atoms with Crippen LogP contribution in [-0.4, -0.2) is 57.7 Å². The van der Waals surface area contributed by atoms with Gasteiger partial charge in [-0.15, -0.1) is 0 Å². The smallest absolute Gasteiger partial charge is 0.373 e. The van der Waals surface area contributed by atoms with Crippen LogP contribution in [0.1, 0.15) is 48.9 Å². The summed E-state index contributed by atoms with van der Waals surface area (Å²) in [4.78, 5) is 13.2. The molecule has 4 rings (SSSR count). The molecule has 2 unspecified atom stereocenters. The molecule has 0 aromatic carbocycles. The molecular formula is C19H25F3N6O2. The fraction of sp³-hybridized carbons (Fsp3) is 0.737. The summed E-state index contributed by atoms with van der Waals surface area (Å²) >= 11 is 0. The van der Waals surface area contributed by atoms with Crippen LogP contribution in [0.15, 0.2) is 6.20 Å². The molecule has 1 spiro atoms. The third kappa shape index (κ3) is 3.98. The van der Waals surface area contributed by atoms with E-state index in [1.165, 1.54) is 15.8 Å². The lowest BCUT2D eigenvalue weighted by Crippen LogP contribution is -2.48. The summed E-state index contributed by atoms with van der Waals surface area (Å²) in [5.74, 6) is -0.468. The lowest BCUT2D eigenvalue weighted by atomic mass is 9.85. The average Bonchev–Trinajstić information content (AvgIpc) is 3.55. The van der Waals surface area contributed by atoms with Crippen LogP contribution >= 0.6 is 0 Å². The number of likely N-dealkylation sites (tertiary alicyclic amines) is 1. The number of alkyl halides is 3. The summed E-state index contributed by atoms with van der Waals surface area (Å²) in [7, 11) is 0. The van der Waals surface area contributed by atoms with E-state index in [1.807, 2.05) is 0 Å². The molecule has 1 aromatic rings. The molecule has 2 saturated carbocycles. The standard InChI is InChI=1S/C19H25F3N6O2/c20-19(21,22)11-27-7-4-18(3-6-23,5-8-27)28-10-12(14(24)29)15(26-28)25-16(30)13-9-17(13)1-2-17/h10,13,16,30H,1-5,7-9,11H2,(H2,24,29)(H,25,26). The number of nitrogens with zero attached hydrogens (tertiary/aromatic N) is 4. The molecule has 4 N–H and O–H groups in total. The number of amides is 1. The molecule has 164 valence electrons. The summed E-state index contributed by atoms with van der Waals surface area (Å²) in [6.07, 6.45) is 0.0223. The number of carbonyl (C=O) groups excluding carboxylic acids is 1. The maximum atomic E-state index is 12.7. The van der Waals surface area contributed by atoms with Crippen molar-refractivity contribution < 1.29 is 23.1 Å². The van der Waals surface area contributed by atoms with Gasteiger partial charge in [-0.2, -0.15) is 23.5 Å². The molecule has 30 heavy (non-hydrogen) atoms. The van der Waals surface area contributed by atoms with Gasteiger partial charge in [0.15, 0.2) is 5.82 Å². The minimum Gasteiger partial charge on any atom is -0.373 e. The third-order valence-electron chi connectivity index (χ3n) is 6.87. The fourth-order valence-electron chi connectivity index (χ4n) is 4.72. The van der Waals surface area contributed by atoms with Crippen molar-refractivity contribution in [3.63, 3.8) is 0 Å². The van der Waals surface area contributed by atoms with Gasteiger partial charge in [0, 0.05) is 25.2 Å². The number of piperidine rings is 1. The minimum absolute atomic E-state index is 0.0421. The van der Waals surface area contributed by atoms with E-state index in [9.17, 15) is 28.3 Å². The predicted octanol–water partition coefficient (Wildman–Crippen LogP) is 1.78. The van der Waals surface area contributed by atoms with Gasteiger partial charge in [-0.1, -0.05) is 0 Å². The van der Waals surface area contributed by atoms with Crippen LogP contribution in [-0.2, 0) is 5.54 Å². The van der Waals surface area contributed by atoms with E-state index >= 15 is 0 Å². The molecule has 2 aliphatic carbocycles. The lowest BCUT2D eigenvalue weighted by Gasteiger charge is -2.40. The van der Waals surface area contributed by atoms with Crippen LogP contribution in [0.5, 0.6) is 0 Å². The molecule has 1 aliphatic heterocycles. The van der Waals surface area contributed by atoms with Crippen LogP contribution in [0, 0.1) is 22.7 Å². The summed E-state index contributed by atoms with van der Waals surface area (Å²) in [5, 5.41) is 27.1. The van der Waals surface area contributed by atoms with E-state index in [1.54, 1.807) is 0 Å². The zero-order valence-electron chi connectivity index (χ0n) is 16.5. The van der Waals surface area contributed by atoms with Crippen molar-refractivity contribution in [2.45, 2.75) is 56.5 Å². The number of nitriles is 1. The van der Waals surface area contributed by atoms with E-state index in [0.29, 0.717) is 0 Å². The predicted molar refractivity (Wildman–Crippen MR) is 100 cm³/mol. The number of hydrogen-bond donors (Lipinski definition) is 3. The Morgan fingerprint density at radius 2 is 2.07 bits per heavy atom. The van der Waals surface area contributed by atoms with Crippen LogP contribution in [0.2, 0.25) is 0 Å². The summed E-state index contributed by atoms with van der Waals surface area (Å²) in [5.41, 5.74) is 4.98. The Morgan fingerprint density at radius 1 is 1.40 bits per heavy atom. The first-order valence-electron chi connectivity index (χ1n) is 10.1. The number of primary amides is 1. The van der Waals surface area contributed by atoms with Gasteiger partial charge in [0.1, 0.15) is 11.8 Å². The molecule has 1 amide bonds. The van der Waals surface area contributed by atoms with Crippen LogP contribution < -0.4 is 11.1 Å². The summed E-state index contributed by atoms with van der Waals surface area (Å²) < 4.78 is 39.6. The van der Waals surface area contributed by atoms with Gasteiger partial charge in [-0.25, -0.2) is 0 Å². The largest absolute Gasteiger partial charge is 0.401 e. The number of nitrogens with two attached hydrogens (primary N) is 1. The van der Waals surface area contributed by atoms with Crippen molar-refractivity contribution in [3.8, 4) is 6.07 Å². The third-order valence-corrected chi connectivity index (χ3v) is 6.87. The monoisotopic (exact) mass is 426 g/mol. The Labute approximate surface area is 171 Å². The minimum atomic E-state index is -4.28. The van der Waals surface area contributed by atoms with Gasteiger partial charge in [-0.05, 0) is 37.5 Å². The SMILES string of the molecule is N#CCC1(n2cc(C(N)=O)c(NC(O)C3CC34CC4)n2)CCN(CC(F)(F)F)CC1. The van der Waals surface area contributed by atoms with E-state index in [0.717, 1.165) is 19.3 Å². The Morgan fingerprint density at radius 3 is 2.57 bits per heavy atom. The summed E-state index contributed by atoms with van der Waals surface area (Å²) in [6.45, 7) is -0.685. The summed E-state index contributed by atoms with van der Waals surface area (Å²) in [6, 6.07) is 2.10. The first kappa shape index (κ1) is 20.9. The number of carbonyl (C=O) groups is 1. The molecule has 2 heterocycles. The first-order chi connectivity index (χ1) is 14.1. The first-order valence-corrected chi connectivity index (χ1v) is 10.1. The maximum Gasteiger partial charge on any atom is 0.401 e. The highest BCUT2D eigenvalue weighted by molar-refractivity contribution is 5.97. The Hall–Kier alpha value is -2.32. The van der Waals surface area contributed by atoms with Crippen molar-refractivity contribution in [2.75, 3.05) is 25.0 Å². The van der Waals surface area contributed by atoms with Crippen molar-refractivity contribution in [2.24, 2.45) is 17.1 Å². The van der Waals surface area contributed by atoms with E-state index < -0.39 is 30.4 Å². The molecular weight excluding hydrogens is 401 g/mol. The molecule has 11 heteroatoms. The lowest BCUT2D eigenvalue weighted by molar-refractivity contribution is -0.150. The highest BCUT2D eigenvalue weighted by atomic mass is 19.4. The Balaban J connectivity index is 1.53. The molecule has 0 radical (unpaired) electrons. The average molecular weight is 426 g/mol. The van der Waals surface area contributed by atoms with E-state index in [-0.39, 0.29) is 55.1 Å². The number of aliphatic hydroxyl groups is 1. The van der Waals surface area contributed by atoms with E-state index in [4.69, 9.17) is 5.73 Å². The number of aromatic nitrogens is 2. The number of hydrogen-bond acceptors (Lipinski definition) is 6. The second-order valence-electron chi connectivity index (χ2n) is 8.91. The highest BCUT2D eigenvalue weighted by Gasteiger charge is 2.65. The zero-order chi connectivity index (χ0) is 21.7. The number of nitrogens with one attached hydrogen (secondary N) is 1. The second-order valence-corrected chi connectivity index (χ2v) is 8.91. The van der Waals surface area contributed by atoms with Crippen molar-refractivity contribution in [3.05, 3.63) is 11.8 Å². The molecule has 0 bridgehead atoms. The molecule has 8 nitrogen and oxygen atoms in total. The van der Waals surface area contributed by atoms with Gasteiger partial charge in [0.2, 0.25) is 0 Å². The van der Waals surface area contributed by atoms with Crippen LogP contribution in [0.3, 0.4) is 0 Å². The zero-order valence-corrected chi connectivity index (χ0v) is 16.5. The van der Waals surface area contributed by atoms with Gasteiger partial charge in [-0.3, -0.25) is 14.4 Å². The van der Waals surface area contributed by atoms with Crippen LogP contribution in [0.4, 0.5) is 19.0 Å². The van der Waals surface area contributed by atoms with Crippen LogP contribution in [0.25, 0.3) is 0 Å². The van der Waals surface area contributed by atoms with Gasteiger partial charge >= 0.3 is 6.18 Å². The van der Waals surface area contributed by atoms with Gasteiger partial charge in [0.05, 0.1) is 24.6 Å². The molecule has 3 fully saturated rings. The number of aliphatic hydroxyl groups excluding tert-OH is 1. The highest BCUT2D eigenvalue weighted by Crippen LogP contribution is 2.71. The quantitative estimate of drug-likeness (QED) is 0.572. The normalized spacial score (nSPS) is 25.5. The number of rotatable bonds is 7. The Bertz CT molecular complexity index is 865. The molecule has 1 aromatic heterocycles. The molecule has 2 atom stereocenters. The number of halogens is 3. The van der Waals surface area contributed by atoms with Crippen molar-refractivity contribution >= 4 is 11.7 Å². The molecule has 1 saturated heterocycles. The van der Waals surface area contributed by atoms with Gasteiger partial charge < -0.3 is 16.2 Å². The van der Waals surface area contributed by atoms with E-state index in [2.05, 4.69) is 16.5 Å². The topological polar surface area (TPSA) is 120 Å². The maximum absolute atomic E-state index is 12.7. The molecule has 3 aliphatic rings. The van der Waals surface area contributed by atoms with Gasteiger partial charge in [0.25, 0.3) is 5.91 Å². The number of anilines is 1.